The second-order valence-electron chi connectivity index (χ2n) is 6.82. The van der Waals surface area contributed by atoms with E-state index in [1.54, 1.807) is 44.4 Å². The molecule has 2 amide bonds. The van der Waals surface area contributed by atoms with Crippen LogP contribution < -0.4 is 24.4 Å². The fraction of sp³-hybridized carbons (Fsp3) is 0.304. The van der Waals surface area contributed by atoms with Crippen LogP contribution in [0.1, 0.15) is 24.0 Å². The van der Waals surface area contributed by atoms with Gasteiger partial charge in [0.15, 0.2) is 11.5 Å². The van der Waals surface area contributed by atoms with E-state index in [2.05, 4.69) is 5.32 Å². The minimum atomic E-state index is -0.231. The lowest BCUT2D eigenvalue weighted by molar-refractivity contribution is -0.117. The molecular formula is C23H26N2O5. The number of carbonyl (C=O) groups is 2. The number of ether oxygens (including phenoxy) is 3. The zero-order chi connectivity index (χ0) is 21.5. The molecule has 0 spiro atoms. The van der Waals surface area contributed by atoms with Gasteiger partial charge in [0.2, 0.25) is 11.8 Å². The maximum atomic E-state index is 12.2. The number of carbonyl (C=O) groups excluding carboxylic acids is 2. The Morgan fingerprint density at radius 2 is 1.70 bits per heavy atom. The molecule has 158 valence electrons. The molecule has 1 saturated heterocycles. The fourth-order valence-electron chi connectivity index (χ4n) is 3.31. The third-order valence-electron chi connectivity index (χ3n) is 4.94. The van der Waals surface area contributed by atoms with E-state index in [0.29, 0.717) is 35.8 Å². The van der Waals surface area contributed by atoms with Crippen molar-refractivity contribution in [3.63, 3.8) is 0 Å². The van der Waals surface area contributed by atoms with Gasteiger partial charge < -0.3 is 24.4 Å². The van der Waals surface area contributed by atoms with Crippen molar-refractivity contribution >= 4 is 23.6 Å². The number of benzene rings is 2. The Labute approximate surface area is 176 Å². The molecule has 1 heterocycles. The molecule has 2 aromatic carbocycles. The van der Waals surface area contributed by atoms with Gasteiger partial charge in [-0.05, 0) is 36.3 Å². The number of hydrogen-bond acceptors (Lipinski definition) is 5. The first-order chi connectivity index (χ1) is 14.5. The van der Waals surface area contributed by atoms with Crippen LogP contribution in [-0.4, -0.2) is 39.7 Å². The maximum Gasteiger partial charge on any atom is 0.244 e. The zero-order valence-electron chi connectivity index (χ0n) is 17.4. The van der Waals surface area contributed by atoms with Crippen LogP contribution >= 0.6 is 0 Å². The molecule has 0 unspecified atom stereocenters. The average molecular weight is 410 g/mol. The number of amides is 2. The number of methoxy groups -OCH3 is 3. The van der Waals surface area contributed by atoms with E-state index >= 15 is 0 Å². The van der Waals surface area contributed by atoms with E-state index < -0.39 is 0 Å². The Balaban J connectivity index is 1.60. The van der Waals surface area contributed by atoms with E-state index in [1.807, 2.05) is 24.3 Å². The van der Waals surface area contributed by atoms with Gasteiger partial charge in [-0.2, -0.15) is 0 Å². The van der Waals surface area contributed by atoms with Crippen LogP contribution in [0, 0.1) is 0 Å². The summed E-state index contributed by atoms with van der Waals surface area (Å²) in [6, 6.07) is 11.1. The second kappa shape index (κ2) is 9.82. The van der Waals surface area contributed by atoms with E-state index in [4.69, 9.17) is 14.2 Å². The van der Waals surface area contributed by atoms with E-state index in [9.17, 15) is 9.59 Å². The molecule has 7 heteroatoms. The Bertz CT molecular complexity index is 937. The minimum Gasteiger partial charge on any atom is -0.496 e. The van der Waals surface area contributed by atoms with Crippen molar-refractivity contribution in [2.24, 2.45) is 0 Å². The van der Waals surface area contributed by atoms with Crippen LogP contribution in [0.5, 0.6) is 17.2 Å². The van der Waals surface area contributed by atoms with Crippen LogP contribution in [0.3, 0.4) is 0 Å². The van der Waals surface area contributed by atoms with Crippen LogP contribution in [0.25, 0.3) is 6.08 Å². The highest BCUT2D eigenvalue weighted by Gasteiger charge is 2.21. The highest BCUT2D eigenvalue weighted by Crippen LogP contribution is 2.35. The maximum absolute atomic E-state index is 12.2. The number of nitrogens with one attached hydrogen (secondary N) is 1. The smallest absolute Gasteiger partial charge is 0.244 e. The van der Waals surface area contributed by atoms with Gasteiger partial charge in [-0.25, -0.2) is 0 Å². The van der Waals surface area contributed by atoms with Crippen molar-refractivity contribution in [2.75, 3.05) is 32.8 Å². The molecule has 0 aromatic heterocycles. The predicted octanol–water partition coefficient (Wildman–Crippen LogP) is 3.17. The van der Waals surface area contributed by atoms with Gasteiger partial charge in [0.05, 0.1) is 21.3 Å². The van der Waals surface area contributed by atoms with Crippen molar-refractivity contribution in [1.29, 1.82) is 0 Å². The first kappa shape index (κ1) is 21.2. The lowest BCUT2D eigenvalue weighted by atomic mass is 10.1. The summed E-state index contributed by atoms with van der Waals surface area (Å²) in [7, 11) is 4.66. The van der Waals surface area contributed by atoms with E-state index in [1.165, 1.54) is 6.08 Å². The minimum absolute atomic E-state index is 0.159. The Morgan fingerprint density at radius 3 is 2.30 bits per heavy atom. The summed E-state index contributed by atoms with van der Waals surface area (Å²) in [6.45, 7) is 1.15. The summed E-state index contributed by atoms with van der Waals surface area (Å²) in [6.07, 6.45) is 4.61. The molecule has 1 aliphatic rings. The molecular weight excluding hydrogens is 384 g/mol. The zero-order valence-corrected chi connectivity index (χ0v) is 17.4. The molecule has 3 rings (SSSR count). The summed E-state index contributed by atoms with van der Waals surface area (Å²) < 4.78 is 15.9. The molecule has 0 bridgehead atoms. The lowest BCUT2D eigenvalue weighted by Gasteiger charge is -2.16. The van der Waals surface area contributed by atoms with Gasteiger partial charge in [0, 0.05) is 42.9 Å². The monoisotopic (exact) mass is 410 g/mol. The van der Waals surface area contributed by atoms with Crippen LogP contribution in [-0.2, 0) is 16.1 Å². The first-order valence-electron chi connectivity index (χ1n) is 9.71. The van der Waals surface area contributed by atoms with Gasteiger partial charge >= 0.3 is 0 Å². The lowest BCUT2D eigenvalue weighted by Crippen LogP contribution is -2.23. The summed E-state index contributed by atoms with van der Waals surface area (Å²) in [5.41, 5.74) is 2.55. The van der Waals surface area contributed by atoms with Gasteiger partial charge in [-0.1, -0.05) is 12.1 Å². The molecule has 0 saturated carbocycles. The van der Waals surface area contributed by atoms with Crippen molar-refractivity contribution in [3.05, 3.63) is 53.6 Å². The second-order valence-corrected chi connectivity index (χ2v) is 6.82. The molecule has 7 nitrogen and oxygen atoms in total. The van der Waals surface area contributed by atoms with Crippen LogP contribution in [0.2, 0.25) is 0 Å². The average Bonchev–Trinajstić information content (AvgIpc) is 3.21. The summed E-state index contributed by atoms with van der Waals surface area (Å²) in [5.74, 6) is 1.60. The standard InChI is InChI=1S/C23H26N2O5/c1-28-19-14-21(30-3)20(29-2)13-17(19)8-11-22(26)24-15-16-6-9-18(10-7-16)25-12-4-5-23(25)27/h6-11,13-14H,4-5,12,15H2,1-3H3,(H,24,26)/b11-8+. The molecule has 0 aliphatic carbocycles. The normalized spacial score (nSPS) is 13.6. The predicted molar refractivity (Wildman–Crippen MR) is 115 cm³/mol. The van der Waals surface area contributed by atoms with Crippen LogP contribution in [0.15, 0.2) is 42.5 Å². The van der Waals surface area contributed by atoms with Crippen molar-refractivity contribution in [2.45, 2.75) is 19.4 Å². The quantitative estimate of drug-likeness (QED) is 0.677. The molecule has 1 aliphatic heterocycles. The highest BCUT2D eigenvalue weighted by molar-refractivity contribution is 5.95. The first-order valence-corrected chi connectivity index (χ1v) is 9.71. The Hall–Kier alpha value is -3.48. The Morgan fingerprint density at radius 1 is 1.03 bits per heavy atom. The van der Waals surface area contributed by atoms with Crippen molar-refractivity contribution in [3.8, 4) is 17.2 Å². The molecule has 0 atom stereocenters. The van der Waals surface area contributed by atoms with E-state index in [0.717, 1.165) is 24.2 Å². The number of nitrogens with zero attached hydrogens (tertiary/aromatic N) is 1. The SMILES string of the molecule is COc1cc(OC)c(OC)cc1/C=C/C(=O)NCc1ccc(N2CCCC2=O)cc1. The summed E-state index contributed by atoms with van der Waals surface area (Å²) in [5, 5.41) is 2.85. The largest absolute Gasteiger partial charge is 0.496 e. The topological polar surface area (TPSA) is 77.1 Å². The van der Waals surface area contributed by atoms with Gasteiger partial charge in [0.25, 0.3) is 0 Å². The van der Waals surface area contributed by atoms with Crippen molar-refractivity contribution in [1.82, 2.24) is 5.32 Å². The van der Waals surface area contributed by atoms with Gasteiger partial charge in [-0.3, -0.25) is 9.59 Å². The third-order valence-corrected chi connectivity index (χ3v) is 4.94. The summed E-state index contributed by atoms with van der Waals surface area (Å²) >= 11 is 0. The fourth-order valence-corrected chi connectivity index (χ4v) is 3.31. The molecule has 2 aromatic rings. The Kier molecular flexibility index (Phi) is 6.95. The molecule has 0 radical (unpaired) electrons. The third kappa shape index (κ3) is 4.92. The number of rotatable bonds is 8. The highest BCUT2D eigenvalue weighted by atomic mass is 16.5. The van der Waals surface area contributed by atoms with Gasteiger partial charge in [0.1, 0.15) is 5.75 Å². The number of hydrogen-bond donors (Lipinski definition) is 1. The van der Waals surface area contributed by atoms with Crippen molar-refractivity contribution < 1.29 is 23.8 Å². The molecule has 30 heavy (non-hydrogen) atoms. The molecule has 1 fully saturated rings. The summed E-state index contributed by atoms with van der Waals surface area (Å²) in [4.78, 5) is 25.9. The van der Waals surface area contributed by atoms with E-state index in [-0.39, 0.29) is 11.8 Å². The molecule has 1 N–H and O–H groups in total. The van der Waals surface area contributed by atoms with Gasteiger partial charge in [-0.15, -0.1) is 0 Å². The van der Waals surface area contributed by atoms with Crippen LogP contribution in [0.4, 0.5) is 5.69 Å². The number of anilines is 1.